The first-order chi connectivity index (χ1) is 15.2. The second kappa shape index (κ2) is 12.1. The molecule has 0 aliphatic carbocycles. The summed E-state index contributed by atoms with van der Waals surface area (Å²) in [6.45, 7) is 9.72. The maximum Gasteiger partial charge on any atom is 0.261 e. The van der Waals surface area contributed by atoms with Gasteiger partial charge in [-0.05, 0) is 68.5 Å². The van der Waals surface area contributed by atoms with E-state index in [2.05, 4.69) is 5.32 Å². The van der Waals surface area contributed by atoms with Gasteiger partial charge in [0.1, 0.15) is 11.8 Å². The Bertz CT molecular complexity index is 949. The average molecular weight is 479 g/mol. The predicted molar refractivity (Wildman–Crippen MR) is 130 cm³/mol. The summed E-state index contributed by atoms with van der Waals surface area (Å²) in [5, 5.41) is 3.95. The van der Waals surface area contributed by atoms with Crippen molar-refractivity contribution < 1.29 is 14.3 Å². The fourth-order valence-corrected chi connectivity index (χ4v) is 3.75. The van der Waals surface area contributed by atoms with Crippen LogP contribution in [-0.4, -0.2) is 35.4 Å². The van der Waals surface area contributed by atoms with Gasteiger partial charge in [-0.1, -0.05) is 55.2 Å². The lowest BCUT2D eigenvalue weighted by atomic mass is 10.1. The molecule has 0 aliphatic rings. The van der Waals surface area contributed by atoms with Crippen LogP contribution in [-0.2, 0) is 16.1 Å². The van der Waals surface area contributed by atoms with Crippen LogP contribution in [0.4, 0.5) is 0 Å². The third-order valence-electron chi connectivity index (χ3n) is 5.44. The van der Waals surface area contributed by atoms with E-state index in [1.54, 1.807) is 18.2 Å². The molecule has 0 aliphatic heterocycles. The molecule has 0 radical (unpaired) electrons. The molecule has 174 valence electrons. The van der Waals surface area contributed by atoms with Crippen LogP contribution in [0.25, 0.3) is 0 Å². The molecule has 0 aromatic heterocycles. The van der Waals surface area contributed by atoms with Crippen LogP contribution in [0.15, 0.2) is 36.4 Å². The summed E-state index contributed by atoms with van der Waals surface area (Å²) < 4.78 is 5.85. The van der Waals surface area contributed by atoms with Gasteiger partial charge in [0.05, 0.1) is 0 Å². The van der Waals surface area contributed by atoms with E-state index in [9.17, 15) is 9.59 Å². The molecular weight excluding hydrogens is 447 g/mol. The minimum Gasteiger partial charge on any atom is -0.483 e. The number of nitrogens with one attached hydrogen (secondary N) is 1. The Balaban J connectivity index is 2.29. The zero-order valence-electron chi connectivity index (χ0n) is 19.4. The normalized spacial score (nSPS) is 12.7. The van der Waals surface area contributed by atoms with Gasteiger partial charge in [-0.3, -0.25) is 9.59 Å². The van der Waals surface area contributed by atoms with Gasteiger partial charge in [-0.2, -0.15) is 0 Å². The van der Waals surface area contributed by atoms with Crippen LogP contribution >= 0.6 is 23.2 Å². The number of amides is 2. The number of nitrogens with zero attached hydrogens (tertiary/aromatic N) is 1. The van der Waals surface area contributed by atoms with Gasteiger partial charge in [-0.25, -0.2) is 0 Å². The lowest BCUT2D eigenvalue weighted by Gasteiger charge is -2.31. The molecule has 5 nitrogen and oxygen atoms in total. The fourth-order valence-electron chi connectivity index (χ4n) is 3.28. The number of rotatable bonds is 10. The summed E-state index contributed by atoms with van der Waals surface area (Å²) in [7, 11) is 0. The minimum atomic E-state index is -0.648. The molecule has 0 spiro atoms. The number of hydrogen-bond acceptors (Lipinski definition) is 3. The van der Waals surface area contributed by atoms with Crippen molar-refractivity contribution in [2.75, 3.05) is 6.61 Å². The van der Waals surface area contributed by atoms with E-state index in [4.69, 9.17) is 27.9 Å². The number of ether oxygens (including phenoxy) is 1. The molecule has 2 amide bonds. The quantitative estimate of drug-likeness (QED) is 0.475. The Morgan fingerprint density at radius 3 is 2.41 bits per heavy atom. The van der Waals surface area contributed by atoms with Crippen molar-refractivity contribution in [1.29, 1.82) is 0 Å². The molecule has 0 bridgehead atoms. The summed E-state index contributed by atoms with van der Waals surface area (Å²) in [4.78, 5) is 27.8. The lowest BCUT2D eigenvalue weighted by Crippen LogP contribution is -2.51. The van der Waals surface area contributed by atoms with Crippen molar-refractivity contribution in [2.24, 2.45) is 0 Å². The van der Waals surface area contributed by atoms with Crippen molar-refractivity contribution >= 4 is 35.0 Å². The number of carbonyl (C=O) groups excluding carboxylic acids is 2. The molecule has 0 fully saturated rings. The lowest BCUT2D eigenvalue weighted by molar-refractivity contribution is -0.143. The van der Waals surface area contributed by atoms with Crippen LogP contribution in [0.5, 0.6) is 5.75 Å². The molecule has 0 heterocycles. The highest BCUT2D eigenvalue weighted by atomic mass is 35.5. The summed E-state index contributed by atoms with van der Waals surface area (Å²) in [5.74, 6) is 0.176. The third kappa shape index (κ3) is 7.14. The van der Waals surface area contributed by atoms with Crippen molar-refractivity contribution in [2.45, 2.75) is 66.1 Å². The summed E-state index contributed by atoms with van der Waals surface area (Å²) >= 11 is 12.4. The van der Waals surface area contributed by atoms with Gasteiger partial charge in [-0.15, -0.1) is 0 Å². The topological polar surface area (TPSA) is 58.6 Å². The first kappa shape index (κ1) is 26.0. The molecule has 1 N–H and O–H groups in total. The molecule has 2 aromatic rings. The zero-order chi connectivity index (χ0) is 23.8. The van der Waals surface area contributed by atoms with Crippen LogP contribution in [0, 0.1) is 13.8 Å². The van der Waals surface area contributed by atoms with Crippen LogP contribution in [0.1, 0.15) is 50.3 Å². The van der Waals surface area contributed by atoms with Crippen molar-refractivity contribution in [3.8, 4) is 5.75 Å². The van der Waals surface area contributed by atoms with Gasteiger partial charge in [0.15, 0.2) is 6.61 Å². The SMILES string of the molecule is CC[C@@H](C)NC(=O)[C@@H](CC)N(Cc1ccc(Cl)cc1Cl)C(=O)COc1cc(C)ccc1C. The molecule has 0 saturated heterocycles. The third-order valence-corrected chi connectivity index (χ3v) is 6.02. The molecule has 2 aromatic carbocycles. The van der Waals surface area contributed by atoms with E-state index < -0.39 is 6.04 Å². The maximum absolute atomic E-state index is 13.3. The minimum absolute atomic E-state index is 0.0128. The van der Waals surface area contributed by atoms with E-state index in [0.29, 0.717) is 27.8 Å². The zero-order valence-corrected chi connectivity index (χ0v) is 20.9. The number of halogens is 2. The van der Waals surface area contributed by atoms with E-state index >= 15 is 0 Å². The van der Waals surface area contributed by atoms with Gasteiger partial charge in [0.2, 0.25) is 5.91 Å². The van der Waals surface area contributed by atoms with E-state index in [1.807, 2.05) is 52.8 Å². The molecule has 2 atom stereocenters. The van der Waals surface area contributed by atoms with Crippen molar-refractivity contribution in [1.82, 2.24) is 10.2 Å². The van der Waals surface area contributed by atoms with Crippen LogP contribution in [0.3, 0.4) is 0 Å². The maximum atomic E-state index is 13.3. The molecule has 32 heavy (non-hydrogen) atoms. The largest absolute Gasteiger partial charge is 0.483 e. The Morgan fingerprint density at radius 2 is 1.78 bits per heavy atom. The summed E-state index contributed by atoms with van der Waals surface area (Å²) in [5.41, 5.74) is 2.70. The second-order valence-electron chi connectivity index (χ2n) is 8.06. The highest BCUT2D eigenvalue weighted by molar-refractivity contribution is 6.35. The smallest absolute Gasteiger partial charge is 0.261 e. The van der Waals surface area contributed by atoms with Gasteiger partial charge in [0, 0.05) is 22.6 Å². The number of hydrogen-bond donors (Lipinski definition) is 1. The van der Waals surface area contributed by atoms with Crippen molar-refractivity contribution in [3.63, 3.8) is 0 Å². The average Bonchev–Trinajstić information content (AvgIpc) is 2.75. The number of benzene rings is 2. The second-order valence-corrected chi connectivity index (χ2v) is 8.90. The summed E-state index contributed by atoms with van der Waals surface area (Å²) in [6, 6.07) is 10.3. The number of aryl methyl sites for hydroxylation is 2. The number of carbonyl (C=O) groups is 2. The standard InChI is InChI=1S/C25H32Cl2N2O3/c1-6-18(5)28-25(31)22(7-2)29(14-19-10-11-20(26)13-21(19)27)24(30)15-32-23-12-16(3)8-9-17(23)4/h8-13,18,22H,6-7,14-15H2,1-5H3,(H,28,31)/t18-,22-/m1/s1. The van der Waals surface area contributed by atoms with Gasteiger partial charge < -0.3 is 15.0 Å². The van der Waals surface area contributed by atoms with Crippen LogP contribution in [0.2, 0.25) is 10.0 Å². The Hall–Kier alpha value is -2.24. The molecule has 0 saturated carbocycles. The van der Waals surface area contributed by atoms with E-state index in [-0.39, 0.29) is 31.0 Å². The van der Waals surface area contributed by atoms with Crippen LogP contribution < -0.4 is 10.1 Å². The van der Waals surface area contributed by atoms with E-state index in [1.165, 1.54) is 4.90 Å². The first-order valence-corrected chi connectivity index (χ1v) is 11.7. The van der Waals surface area contributed by atoms with E-state index in [0.717, 1.165) is 17.5 Å². The fraction of sp³-hybridized carbons (Fsp3) is 0.440. The van der Waals surface area contributed by atoms with Crippen molar-refractivity contribution in [3.05, 3.63) is 63.1 Å². The molecule has 2 rings (SSSR count). The predicted octanol–water partition coefficient (Wildman–Crippen LogP) is 5.71. The molecule has 0 unspecified atom stereocenters. The van der Waals surface area contributed by atoms with Gasteiger partial charge >= 0.3 is 0 Å². The molecular formula is C25H32Cl2N2O3. The monoisotopic (exact) mass is 478 g/mol. The van der Waals surface area contributed by atoms with Gasteiger partial charge in [0.25, 0.3) is 5.91 Å². The molecule has 7 heteroatoms. The first-order valence-electron chi connectivity index (χ1n) is 10.9. The summed E-state index contributed by atoms with van der Waals surface area (Å²) in [6.07, 6.45) is 1.26. The highest BCUT2D eigenvalue weighted by Crippen LogP contribution is 2.24. The Labute approximate surface area is 201 Å². The Kier molecular flexibility index (Phi) is 9.85. The Morgan fingerprint density at radius 1 is 1.06 bits per heavy atom. The highest BCUT2D eigenvalue weighted by Gasteiger charge is 2.30.